The first-order valence-electron chi connectivity index (χ1n) is 7.28. The highest BCUT2D eigenvalue weighted by Crippen LogP contribution is 2.20. The van der Waals surface area contributed by atoms with Gasteiger partial charge in [0.15, 0.2) is 11.5 Å². The summed E-state index contributed by atoms with van der Waals surface area (Å²) in [7, 11) is 3.53. The molecule has 0 saturated carbocycles. The lowest BCUT2D eigenvalue weighted by Crippen LogP contribution is -2.31. The molecule has 1 aliphatic rings. The molecule has 0 amide bonds. The summed E-state index contributed by atoms with van der Waals surface area (Å²) in [6.07, 6.45) is 5.04. The Morgan fingerprint density at radius 1 is 1.43 bits per heavy atom. The maximum atomic E-state index is 11.8. The van der Waals surface area contributed by atoms with Gasteiger partial charge in [0.05, 0.1) is 7.11 Å². The van der Waals surface area contributed by atoms with E-state index in [0.717, 1.165) is 25.3 Å². The van der Waals surface area contributed by atoms with E-state index in [1.54, 1.807) is 16.6 Å². The lowest BCUT2D eigenvalue weighted by atomic mass is 9.94. The standard InChI is InChI=1S/C15H20N4O2/c1-18-8-5-11(6-9-18)10-13-16-14-12(15(20)21-2)4-3-7-19(14)17-13/h3-4,7,11H,5-6,8-10H2,1-2H3. The molecule has 0 spiro atoms. The third-order valence-electron chi connectivity index (χ3n) is 4.12. The first-order chi connectivity index (χ1) is 10.2. The number of fused-ring (bicyclic) bond motifs is 1. The van der Waals surface area contributed by atoms with Gasteiger partial charge >= 0.3 is 5.97 Å². The van der Waals surface area contributed by atoms with Crippen LogP contribution in [-0.2, 0) is 11.2 Å². The minimum Gasteiger partial charge on any atom is -0.465 e. The van der Waals surface area contributed by atoms with Crippen LogP contribution in [0, 0.1) is 5.92 Å². The van der Waals surface area contributed by atoms with E-state index in [0.29, 0.717) is 17.1 Å². The summed E-state index contributed by atoms with van der Waals surface area (Å²) in [5.41, 5.74) is 1.04. The van der Waals surface area contributed by atoms with Crippen molar-refractivity contribution < 1.29 is 9.53 Å². The molecule has 0 aromatic carbocycles. The second-order valence-electron chi connectivity index (χ2n) is 5.66. The van der Waals surface area contributed by atoms with Crippen LogP contribution in [0.5, 0.6) is 0 Å². The van der Waals surface area contributed by atoms with Crippen LogP contribution in [0.1, 0.15) is 29.0 Å². The van der Waals surface area contributed by atoms with Crippen molar-refractivity contribution in [1.82, 2.24) is 19.5 Å². The molecular formula is C15H20N4O2. The van der Waals surface area contributed by atoms with Gasteiger partial charge in [-0.2, -0.15) is 5.10 Å². The Bertz CT molecular complexity index is 644. The molecular weight excluding hydrogens is 268 g/mol. The summed E-state index contributed by atoms with van der Waals surface area (Å²) < 4.78 is 6.45. The van der Waals surface area contributed by atoms with E-state index in [1.165, 1.54) is 20.0 Å². The van der Waals surface area contributed by atoms with Crippen molar-refractivity contribution in [3.8, 4) is 0 Å². The highest BCUT2D eigenvalue weighted by atomic mass is 16.5. The Balaban J connectivity index is 1.82. The molecule has 112 valence electrons. The molecule has 1 saturated heterocycles. The molecule has 1 aliphatic heterocycles. The third-order valence-corrected chi connectivity index (χ3v) is 4.12. The predicted octanol–water partition coefficient (Wildman–Crippen LogP) is 1.40. The summed E-state index contributed by atoms with van der Waals surface area (Å²) in [4.78, 5) is 18.6. The minimum atomic E-state index is -0.376. The van der Waals surface area contributed by atoms with Crippen LogP contribution in [0.2, 0.25) is 0 Å². The van der Waals surface area contributed by atoms with Crippen molar-refractivity contribution in [2.75, 3.05) is 27.2 Å². The van der Waals surface area contributed by atoms with Gasteiger partial charge in [-0.15, -0.1) is 0 Å². The Labute approximate surface area is 123 Å². The number of hydrogen-bond donors (Lipinski definition) is 0. The Kier molecular flexibility index (Phi) is 3.88. The van der Waals surface area contributed by atoms with Crippen LogP contribution in [0.15, 0.2) is 18.3 Å². The highest BCUT2D eigenvalue weighted by Gasteiger charge is 2.20. The number of nitrogens with zero attached hydrogens (tertiary/aromatic N) is 4. The third kappa shape index (κ3) is 2.90. The molecule has 3 rings (SSSR count). The first kappa shape index (κ1) is 14.0. The maximum Gasteiger partial charge on any atom is 0.341 e. The van der Waals surface area contributed by atoms with Gasteiger partial charge in [0.2, 0.25) is 0 Å². The van der Waals surface area contributed by atoms with Crippen molar-refractivity contribution in [1.29, 1.82) is 0 Å². The lowest BCUT2D eigenvalue weighted by molar-refractivity contribution is 0.0602. The van der Waals surface area contributed by atoms with Crippen LogP contribution < -0.4 is 0 Å². The summed E-state index contributed by atoms with van der Waals surface area (Å²) >= 11 is 0. The zero-order valence-corrected chi connectivity index (χ0v) is 12.5. The molecule has 2 aromatic heterocycles. The molecule has 6 heteroatoms. The number of piperidine rings is 1. The van der Waals surface area contributed by atoms with Gasteiger partial charge < -0.3 is 9.64 Å². The van der Waals surface area contributed by atoms with Crippen molar-refractivity contribution in [3.05, 3.63) is 29.7 Å². The zero-order valence-electron chi connectivity index (χ0n) is 12.5. The monoisotopic (exact) mass is 288 g/mol. The van der Waals surface area contributed by atoms with Crippen LogP contribution in [0.4, 0.5) is 0 Å². The quantitative estimate of drug-likeness (QED) is 0.799. The molecule has 3 heterocycles. The number of ether oxygens (including phenoxy) is 1. The van der Waals surface area contributed by atoms with E-state index in [1.807, 2.05) is 6.20 Å². The molecule has 1 fully saturated rings. The number of esters is 1. The largest absolute Gasteiger partial charge is 0.465 e. The second-order valence-corrected chi connectivity index (χ2v) is 5.66. The molecule has 0 unspecified atom stereocenters. The van der Waals surface area contributed by atoms with Crippen molar-refractivity contribution in [2.24, 2.45) is 5.92 Å². The van der Waals surface area contributed by atoms with E-state index in [9.17, 15) is 4.79 Å². The van der Waals surface area contributed by atoms with Crippen molar-refractivity contribution in [3.63, 3.8) is 0 Å². The SMILES string of the molecule is COC(=O)c1cccn2nc(CC3CCN(C)CC3)nc12. The Hall–Kier alpha value is -1.95. The topological polar surface area (TPSA) is 59.7 Å². The molecule has 0 radical (unpaired) electrons. The van der Waals surface area contributed by atoms with E-state index in [4.69, 9.17) is 4.74 Å². The van der Waals surface area contributed by atoms with Crippen LogP contribution >= 0.6 is 0 Å². The van der Waals surface area contributed by atoms with Gasteiger partial charge in [-0.1, -0.05) is 0 Å². The van der Waals surface area contributed by atoms with E-state index in [2.05, 4.69) is 22.0 Å². The summed E-state index contributed by atoms with van der Waals surface area (Å²) in [6.45, 7) is 2.26. The fraction of sp³-hybridized carbons (Fsp3) is 0.533. The number of pyridine rings is 1. The van der Waals surface area contributed by atoms with Crippen molar-refractivity contribution in [2.45, 2.75) is 19.3 Å². The lowest BCUT2D eigenvalue weighted by Gasteiger charge is -2.28. The summed E-state index contributed by atoms with van der Waals surface area (Å²) in [5.74, 6) is 1.06. The summed E-state index contributed by atoms with van der Waals surface area (Å²) in [6, 6.07) is 3.50. The number of methoxy groups -OCH3 is 1. The molecule has 6 nitrogen and oxygen atoms in total. The van der Waals surface area contributed by atoms with E-state index < -0.39 is 0 Å². The maximum absolute atomic E-state index is 11.8. The highest BCUT2D eigenvalue weighted by molar-refractivity contribution is 5.95. The Morgan fingerprint density at radius 3 is 2.90 bits per heavy atom. The minimum absolute atomic E-state index is 0.376. The van der Waals surface area contributed by atoms with Gasteiger partial charge in [-0.3, -0.25) is 0 Å². The number of hydrogen-bond acceptors (Lipinski definition) is 5. The molecule has 0 aliphatic carbocycles. The molecule has 0 atom stereocenters. The Morgan fingerprint density at radius 2 is 2.19 bits per heavy atom. The summed E-state index contributed by atoms with van der Waals surface area (Å²) in [5, 5.41) is 4.49. The van der Waals surface area contributed by atoms with Crippen molar-refractivity contribution >= 4 is 11.6 Å². The van der Waals surface area contributed by atoms with Gasteiger partial charge in [-0.25, -0.2) is 14.3 Å². The average molecular weight is 288 g/mol. The van der Waals surface area contributed by atoms with Gasteiger partial charge in [0.25, 0.3) is 0 Å². The molecule has 0 N–H and O–H groups in total. The van der Waals surface area contributed by atoms with Crippen LogP contribution in [0.25, 0.3) is 5.65 Å². The van der Waals surface area contributed by atoms with Gasteiger partial charge in [0, 0.05) is 12.6 Å². The van der Waals surface area contributed by atoms with Gasteiger partial charge in [0.1, 0.15) is 5.56 Å². The predicted molar refractivity (Wildman–Crippen MR) is 78.3 cm³/mol. The normalized spacial score (nSPS) is 17.2. The molecule has 0 bridgehead atoms. The van der Waals surface area contributed by atoms with E-state index >= 15 is 0 Å². The zero-order chi connectivity index (χ0) is 14.8. The smallest absolute Gasteiger partial charge is 0.341 e. The number of carbonyl (C=O) groups excluding carboxylic acids is 1. The van der Waals surface area contributed by atoms with Crippen LogP contribution in [0.3, 0.4) is 0 Å². The van der Waals surface area contributed by atoms with Crippen LogP contribution in [-0.4, -0.2) is 52.7 Å². The van der Waals surface area contributed by atoms with Gasteiger partial charge in [-0.05, 0) is 51.0 Å². The number of likely N-dealkylation sites (tertiary alicyclic amines) is 1. The number of carbonyl (C=O) groups is 1. The average Bonchev–Trinajstić information content (AvgIpc) is 2.91. The van der Waals surface area contributed by atoms with E-state index in [-0.39, 0.29) is 5.97 Å². The fourth-order valence-electron chi connectivity index (χ4n) is 2.83. The fourth-order valence-corrected chi connectivity index (χ4v) is 2.83. The number of aromatic nitrogens is 3. The molecule has 2 aromatic rings. The first-order valence-corrected chi connectivity index (χ1v) is 7.28. The number of rotatable bonds is 3. The second kappa shape index (κ2) is 5.81. The molecule has 21 heavy (non-hydrogen) atoms.